The lowest BCUT2D eigenvalue weighted by atomic mass is 10.1. The van der Waals surface area contributed by atoms with E-state index in [0.29, 0.717) is 5.02 Å². The van der Waals surface area contributed by atoms with Crippen LogP contribution in [0.15, 0.2) is 53.6 Å². The number of hydrazone groups is 1. The van der Waals surface area contributed by atoms with Crippen LogP contribution in [0.25, 0.3) is 0 Å². The molecule has 0 saturated heterocycles. The van der Waals surface area contributed by atoms with Crippen molar-refractivity contribution >= 4 is 23.7 Å². The number of carbonyl (C=O) groups excluding carboxylic acids is 1. The molecule has 1 N–H and O–H groups in total. The highest BCUT2D eigenvalue weighted by atomic mass is 35.5. The van der Waals surface area contributed by atoms with Gasteiger partial charge in [-0.25, -0.2) is 5.43 Å². The SMILES string of the molecule is O=C(Cc1ccc(Cl)cc1)N/N=C/c1ccccc1C(F)(F)F. The van der Waals surface area contributed by atoms with Crippen molar-refractivity contribution in [3.63, 3.8) is 0 Å². The Morgan fingerprint density at radius 3 is 2.43 bits per heavy atom. The number of nitrogens with zero attached hydrogens (tertiary/aromatic N) is 1. The van der Waals surface area contributed by atoms with Gasteiger partial charge in [-0.05, 0) is 23.8 Å². The van der Waals surface area contributed by atoms with E-state index >= 15 is 0 Å². The minimum atomic E-state index is -4.48. The fourth-order valence-electron chi connectivity index (χ4n) is 1.87. The first-order chi connectivity index (χ1) is 10.9. The zero-order valence-corrected chi connectivity index (χ0v) is 12.5. The van der Waals surface area contributed by atoms with E-state index in [9.17, 15) is 18.0 Å². The van der Waals surface area contributed by atoms with Crippen LogP contribution in [0.3, 0.4) is 0 Å². The summed E-state index contributed by atoms with van der Waals surface area (Å²) >= 11 is 5.74. The molecule has 3 nitrogen and oxygen atoms in total. The fraction of sp³-hybridized carbons (Fsp3) is 0.125. The molecule has 0 fully saturated rings. The summed E-state index contributed by atoms with van der Waals surface area (Å²) in [6.45, 7) is 0. The molecule has 1 amide bonds. The van der Waals surface area contributed by atoms with E-state index in [0.717, 1.165) is 17.8 Å². The lowest BCUT2D eigenvalue weighted by Crippen LogP contribution is -2.20. The molecule has 0 heterocycles. The summed E-state index contributed by atoms with van der Waals surface area (Å²) in [4.78, 5) is 11.7. The third-order valence-corrected chi connectivity index (χ3v) is 3.19. The number of hydrogen-bond donors (Lipinski definition) is 1. The van der Waals surface area contributed by atoms with Gasteiger partial charge in [0.05, 0.1) is 18.2 Å². The molecule has 0 unspecified atom stereocenters. The molecular weight excluding hydrogens is 329 g/mol. The van der Waals surface area contributed by atoms with Crippen LogP contribution < -0.4 is 5.43 Å². The highest BCUT2D eigenvalue weighted by molar-refractivity contribution is 6.30. The van der Waals surface area contributed by atoms with Gasteiger partial charge in [0, 0.05) is 10.6 Å². The number of rotatable bonds is 4. The van der Waals surface area contributed by atoms with E-state index in [1.54, 1.807) is 24.3 Å². The highest BCUT2D eigenvalue weighted by Gasteiger charge is 2.32. The van der Waals surface area contributed by atoms with E-state index in [1.165, 1.54) is 18.2 Å². The second kappa shape index (κ2) is 7.28. The molecule has 0 atom stereocenters. The second-order valence-corrected chi connectivity index (χ2v) is 5.12. The molecule has 0 spiro atoms. The smallest absolute Gasteiger partial charge is 0.273 e. The molecule has 0 aliphatic rings. The third kappa shape index (κ3) is 5.10. The number of carbonyl (C=O) groups is 1. The van der Waals surface area contributed by atoms with E-state index in [2.05, 4.69) is 10.5 Å². The summed E-state index contributed by atoms with van der Waals surface area (Å²) in [5.41, 5.74) is 2.00. The summed E-state index contributed by atoms with van der Waals surface area (Å²) in [6.07, 6.45) is -3.45. The molecule has 0 saturated carbocycles. The zero-order valence-electron chi connectivity index (χ0n) is 11.8. The van der Waals surface area contributed by atoms with Gasteiger partial charge in [-0.1, -0.05) is 41.9 Å². The lowest BCUT2D eigenvalue weighted by molar-refractivity contribution is -0.137. The highest BCUT2D eigenvalue weighted by Crippen LogP contribution is 2.30. The van der Waals surface area contributed by atoms with Gasteiger partial charge in [0.15, 0.2) is 0 Å². The summed E-state index contributed by atoms with van der Waals surface area (Å²) in [7, 11) is 0. The number of alkyl halides is 3. The van der Waals surface area contributed by atoms with E-state index < -0.39 is 17.6 Å². The van der Waals surface area contributed by atoms with Crippen molar-refractivity contribution in [2.24, 2.45) is 5.10 Å². The molecule has 2 rings (SSSR count). The Kier molecular flexibility index (Phi) is 5.39. The number of hydrogen-bond acceptors (Lipinski definition) is 2. The summed E-state index contributed by atoms with van der Waals surface area (Å²) in [6, 6.07) is 11.6. The quantitative estimate of drug-likeness (QED) is 0.662. The average Bonchev–Trinajstić information content (AvgIpc) is 2.49. The van der Waals surface area contributed by atoms with Gasteiger partial charge >= 0.3 is 6.18 Å². The second-order valence-electron chi connectivity index (χ2n) is 4.68. The molecule has 7 heteroatoms. The molecule has 0 aromatic heterocycles. The molecule has 120 valence electrons. The van der Waals surface area contributed by atoms with Crippen LogP contribution in [0.4, 0.5) is 13.2 Å². The van der Waals surface area contributed by atoms with Gasteiger partial charge in [0.2, 0.25) is 5.91 Å². The van der Waals surface area contributed by atoms with Crippen molar-refractivity contribution in [1.29, 1.82) is 0 Å². The van der Waals surface area contributed by atoms with Crippen LogP contribution >= 0.6 is 11.6 Å². The number of benzene rings is 2. The minimum absolute atomic E-state index is 0.0510. The van der Waals surface area contributed by atoms with Gasteiger partial charge < -0.3 is 0 Å². The van der Waals surface area contributed by atoms with E-state index in [4.69, 9.17) is 11.6 Å². The van der Waals surface area contributed by atoms with Crippen LogP contribution in [-0.4, -0.2) is 12.1 Å². The van der Waals surface area contributed by atoms with E-state index in [1.807, 2.05) is 0 Å². The van der Waals surface area contributed by atoms with Gasteiger partial charge in [-0.15, -0.1) is 0 Å². The number of halogens is 4. The average molecular weight is 341 g/mol. The Balaban J connectivity index is 1.99. The predicted octanol–water partition coefficient (Wildman–Crippen LogP) is 4.05. The first kappa shape index (κ1) is 17.0. The fourth-order valence-corrected chi connectivity index (χ4v) is 1.99. The first-order valence-electron chi connectivity index (χ1n) is 6.59. The largest absolute Gasteiger partial charge is 0.417 e. The predicted molar refractivity (Wildman–Crippen MR) is 82.3 cm³/mol. The Bertz CT molecular complexity index is 712. The summed E-state index contributed by atoms with van der Waals surface area (Å²) in [5.74, 6) is -0.437. The van der Waals surface area contributed by atoms with Gasteiger partial charge in [0.25, 0.3) is 0 Å². The maximum Gasteiger partial charge on any atom is 0.417 e. The van der Waals surface area contributed by atoms with Crippen LogP contribution in [0.1, 0.15) is 16.7 Å². The number of nitrogens with one attached hydrogen (secondary N) is 1. The van der Waals surface area contributed by atoms with E-state index in [-0.39, 0.29) is 12.0 Å². The molecule has 2 aromatic rings. The van der Waals surface area contributed by atoms with Gasteiger partial charge in [-0.3, -0.25) is 4.79 Å². The number of amides is 1. The molecule has 0 bridgehead atoms. The molecule has 23 heavy (non-hydrogen) atoms. The molecule has 0 radical (unpaired) electrons. The monoisotopic (exact) mass is 340 g/mol. The molecular formula is C16H12ClF3N2O. The molecule has 2 aromatic carbocycles. The van der Waals surface area contributed by atoms with Gasteiger partial charge in [-0.2, -0.15) is 18.3 Å². The topological polar surface area (TPSA) is 41.5 Å². The van der Waals surface area contributed by atoms with Crippen molar-refractivity contribution in [1.82, 2.24) is 5.43 Å². The van der Waals surface area contributed by atoms with Crippen LogP contribution in [0.2, 0.25) is 5.02 Å². The summed E-state index contributed by atoms with van der Waals surface area (Å²) in [5, 5.41) is 4.13. The lowest BCUT2D eigenvalue weighted by Gasteiger charge is -2.09. The zero-order chi connectivity index (χ0) is 16.9. The normalized spacial score (nSPS) is 11.7. The maximum absolute atomic E-state index is 12.8. The standard InChI is InChI=1S/C16H12ClF3N2O/c17-13-7-5-11(6-8-13)9-15(23)22-21-10-12-3-1-2-4-14(12)16(18,19)20/h1-8,10H,9H2,(H,22,23)/b21-10+. The van der Waals surface area contributed by atoms with Crippen molar-refractivity contribution < 1.29 is 18.0 Å². The minimum Gasteiger partial charge on any atom is -0.273 e. The Morgan fingerprint density at radius 2 is 1.78 bits per heavy atom. The van der Waals surface area contributed by atoms with Crippen LogP contribution in [-0.2, 0) is 17.4 Å². The van der Waals surface area contributed by atoms with Crippen molar-refractivity contribution in [3.8, 4) is 0 Å². The van der Waals surface area contributed by atoms with Crippen molar-refractivity contribution in [3.05, 3.63) is 70.2 Å². The van der Waals surface area contributed by atoms with Crippen molar-refractivity contribution in [2.45, 2.75) is 12.6 Å². The van der Waals surface area contributed by atoms with Crippen LogP contribution in [0.5, 0.6) is 0 Å². The summed E-state index contributed by atoms with van der Waals surface area (Å²) < 4.78 is 38.4. The Morgan fingerprint density at radius 1 is 1.13 bits per heavy atom. The first-order valence-corrected chi connectivity index (χ1v) is 6.96. The van der Waals surface area contributed by atoms with Crippen LogP contribution in [0, 0.1) is 0 Å². The molecule has 0 aliphatic heterocycles. The maximum atomic E-state index is 12.8. The Hall–Kier alpha value is -2.34. The van der Waals surface area contributed by atoms with Crippen molar-refractivity contribution in [2.75, 3.05) is 0 Å². The third-order valence-electron chi connectivity index (χ3n) is 2.94. The van der Waals surface area contributed by atoms with Gasteiger partial charge in [0.1, 0.15) is 0 Å². The Labute approximate surface area is 135 Å². The molecule has 0 aliphatic carbocycles.